The minimum Gasteiger partial charge on any atom is -0.423 e. The van der Waals surface area contributed by atoms with Gasteiger partial charge in [0.15, 0.2) is 0 Å². The van der Waals surface area contributed by atoms with Crippen molar-refractivity contribution in [1.82, 2.24) is 4.90 Å². The van der Waals surface area contributed by atoms with Gasteiger partial charge in [-0.15, -0.1) is 0 Å². The van der Waals surface area contributed by atoms with Crippen LogP contribution in [0.25, 0.3) is 0 Å². The Kier molecular flexibility index (Phi) is 3.52. The van der Waals surface area contributed by atoms with Crippen LogP contribution in [0.4, 0.5) is 5.69 Å². The van der Waals surface area contributed by atoms with Gasteiger partial charge in [-0.1, -0.05) is 6.07 Å². The predicted octanol–water partition coefficient (Wildman–Crippen LogP) is -0.990. The fourth-order valence-corrected chi connectivity index (χ4v) is 1.34. The molecule has 76 valence electrons. The van der Waals surface area contributed by atoms with Gasteiger partial charge in [0.1, 0.15) is 0 Å². The summed E-state index contributed by atoms with van der Waals surface area (Å²) in [6, 6.07) is 5.15. The van der Waals surface area contributed by atoms with Crippen LogP contribution in [-0.2, 0) is 6.54 Å². The van der Waals surface area contributed by atoms with Crippen LogP contribution in [-0.4, -0.2) is 36.2 Å². The highest BCUT2D eigenvalue weighted by molar-refractivity contribution is 6.59. The largest absolute Gasteiger partial charge is 0.488 e. The normalized spacial score (nSPS) is 10.6. The molecule has 0 saturated carbocycles. The zero-order valence-electron chi connectivity index (χ0n) is 8.44. The first-order chi connectivity index (χ1) is 6.50. The summed E-state index contributed by atoms with van der Waals surface area (Å²) in [7, 11) is 2.38. The van der Waals surface area contributed by atoms with Crippen molar-refractivity contribution in [1.29, 1.82) is 0 Å². The Labute approximate surface area is 84.1 Å². The Morgan fingerprint density at radius 2 is 2.00 bits per heavy atom. The molecule has 0 bridgehead atoms. The van der Waals surface area contributed by atoms with Crippen molar-refractivity contribution in [2.45, 2.75) is 6.54 Å². The molecule has 0 saturated heterocycles. The molecule has 0 fully saturated rings. The van der Waals surface area contributed by atoms with E-state index in [0.717, 1.165) is 5.56 Å². The van der Waals surface area contributed by atoms with Crippen LogP contribution in [0.5, 0.6) is 0 Å². The summed E-state index contributed by atoms with van der Waals surface area (Å²) in [5.41, 5.74) is 7.44. The van der Waals surface area contributed by atoms with Crippen LogP contribution in [0.3, 0.4) is 0 Å². The molecule has 0 aliphatic rings. The van der Waals surface area contributed by atoms with Gasteiger partial charge in [-0.25, -0.2) is 0 Å². The lowest BCUT2D eigenvalue weighted by molar-refractivity contribution is 0.399. The van der Waals surface area contributed by atoms with Crippen molar-refractivity contribution in [2.75, 3.05) is 19.8 Å². The van der Waals surface area contributed by atoms with Crippen LogP contribution < -0.4 is 11.2 Å². The van der Waals surface area contributed by atoms with Gasteiger partial charge in [-0.05, 0) is 37.3 Å². The van der Waals surface area contributed by atoms with Crippen molar-refractivity contribution in [3.8, 4) is 0 Å². The van der Waals surface area contributed by atoms with E-state index in [1.807, 2.05) is 25.1 Å². The average molecular weight is 194 g/mol. The van der Waals surface area contributed by atoms with E-state index in [1.54, 1.807) is 12.1 Å². The molecule has 0 aliphatic heterocycles. The molecule has 0 aliphatic carbocycles. The van der Waals surface area contributed by atoms with Gasteiger partial charge in [0, 0.05) is 12.2 Å². The molecule has 4 N–H and O–H groups in total. The third-order valence-electron chi connectivity index (χ3n) is 1.93. The van der Waals surface area contributed by atoms with E-state index in [1.165, 1.54) is 0 Å². The molecule has 1 aromatic carbocycles. The monoisotopic (exact) mass is 194 g/mol. The lowest BCUT2D eigenvalue weighted by atomic mass is 9.76. The highest BCUT2D eigenvalue weighted by Crippen LogP contribution is 2.05. The third kappa shape index (κ3) is 2.73. The molecular weight excluding hydrogens is 179 g/mol. The van der Waals surface area contributed by atoms with Gasteiger partial charge in [0.05, 0.1) is 0 Å². The first-order valence-corrected chi connectivity index (χ1v) is 4.40. The van der Waals surface area contributed by atoms with Crippen LogP contribution in [0.1, 0.15) is 5.56 Å². The van der Waals surface area contributed by atoms with Crippen molar-refractivity contribution in [2.24, 2.45) is 0 Å². The molecule has 1 aromatic rings. The topological polar surface area (TPSA) is 69.7 Å². The molecule has 0 unspecified atom stereocenters. The van der Waals surface area contributed by atoms with Crippen LogP contribution >= 0.6 is 0 Å². The summed E-state index contributed by atoms with van der Waals surface area (Å²) >= 11 is 0. The summed E-state index contributed by atoms with van der Waals surface area (Å²) in [4.78, 5) is 1.96. The van der Waals surface area contributed by atoms with Crippen LogP contribution in [0.2, 0.25) is 0 Å². The van der Waals surface area contributed by atoms with E-state index in [0.29, 0.717) is 17.7 Å². The zero-order valence-corrected chi connectivity index (χ0v) is 8.44. The quantitative estimate of drug-likeness (QED) is 0.426. The predicted molar refractivity (Wildman–Crippen MR) is 58.1 cm³/mol. The molecule has 5 heteroatoms. The Balaban J connectivity index is 3.02. The fraction of sp³-hybridized carbons (Fsp3) is 0.333. The number of nitrogens with two attached hydrogens (primary N) is 1. The van der Waals surface area contributed by atoms with Crippen LogP contribution in [0, 0.1) is 0 Å². The average Bonchev–Trinajstić information content (AvgIpc) is 2.07. The molecule has 0 aromatic heterocycles. The molecule has 14 heavy (non-hydrogen) atoms. The number of nitrogens with zero attached hydrogens (tertiary/aromatic N) is 1. The Morgan fingerprint density at radius 1 is 1.36 bits per heavy atom. The summed E-state index contributed by atoms with van der Waals surface area (Å²) in [6.45, 7) is 0.660. The van der Waals surface area contributed by atoms with Crippen LogP contribution in [0.15, 0.2) is 18.2 Å². The summed E-state index contributed by atoms with van der Waals surface area (Å²) in [6.07, 6.45) is 0. The third-order valence-corrected chi connectivity index (χ3v) is 1.93. The minimum absolute atomic E-state index is 0.471. The smallest absolute Gasteiger partial charge is 0.423 e. The van der Waals surface area contributed by atoms with Crippen molar-refractivity contribution in [3.63, 3.8) is 0 Å². The van der Waals surface area contributed by atoms with Crippen molar-refractivity contribution in [3.05, 3.63) is 23.8 Å². The number of hydrogen-bond acceptors (Lipinski definition) is 4. The molecule has 0 atom stereocenters. The van der Waals surface area contributed by atoms with Crippen molar-refractivity contribution >= 4 is 18.3 Å². The van der Waals surface area contributed by atoms with Gasteiger partial charge >= 0.3 is 7.12 Å². The molecular formula is C9H15BN2O2. The van der Waals surface area contributed by atoms with E-state index in [9.17, 15) is 0 Å². The zero-order chi connectivity index (χ0) is 10.7. The second-order valence-corrected chi connectivity index (χ2v) is 3.57. The number of benzene rings is 1. The van der Waals surface area contributed by atoms with Gasteiger partial charge in [-0.3, -0.25) is 0 Å². The highest BCUT2D eigenvalue weighted by atomic mass is 16.4. The summed E-state index contributed by atoms with van der Waals surface area (Å²) in [5.74, 6) is 0. The van der Waals surface area contributed by atoms with Gasteiger partial charge in [0.2, 0.25) is 0 Å². The number of hydrogen-bond donors (Lipinski definition) is 3. The maximum absolute atomic E-state index is 9.12. The summed E-state index contributed by atoms with van der Waals surface area (Å²) < 4.78 is 0. The molecule has 0 heterocycles. The molecule has 4 nitrogen and oxygen atoms in total. The molecule has 1 rings (SSSR count). The first-order valence-electron chi connectivity index (χ1n) is 4.40. The van der Waals surface area contributed by atoms with Crippen molar-refractivity contribution < 1.29 is 10.0 Å². The number of rotatable bonds is 3. The maximum atomic E-state index is 9.12. The maximum Gasteiger partial charge on any atom is 0.488 e. The summed E-state index contributed by atoms with van der Waals surface area (Å²) in [5, 5.41) is 18.2. The number of anilines is 1. The fourth-order valence-electron chi connectivity index (χ4n) is 1.34. The lowest BCUT2D eigenvalue weighted by Gasteiger charge is -2.14. The van der Waals surface area contributed by atoms with E-state index in [2.05, 4.69) is 0 Å². The molecule has 0 spiro atoms. The van der Waals surface area contributed by atoms with E-state index < -0.39 is 7.12 Å². The second-order valence-electron chi connectivity index (χ2n) is 3.57. The highest BCUT2D eigenvalue weighted by Gasteiger charge is 2.16. The van der Waals surface area contributed by atoms with Gasteiger partial charge in [0.25, 0.3) is 0 Å². The van der Waals surface area contributed by atoms with E-state index in [-0.39, 0.29) is 0 Å². The second kappa shape index (κ2) is 4.46. The Morgan fingerprint density at radius 3 is 2.50 bits per heavy atom. The van der Waals surface area contributed by atoms with Gasteiger partial charge < -0.3 is 20.7 Å². The first kappa shape index (κ1) is 11.0. The number of nitrogen functional groups attached to an aromatic ring is 1. The SMILES string of the molecule is CN(C)Cc1ccc(N)cc1B(O)O. The van der Waals surface area contributed by atoms with Gasteiger partial charge in [-0.2, -0.15) is 0 Å². The Hall–Kier alpha value is -1.04. The van der Waals surface area contributed by atoms with E-state index in [4.69, 9.17) is 15.8 Å². The lowest BCUT2D eigenvalue weighted by Crippen LogP contribution is -2.34. The molecule has 0 amide bonds. The molecule has 0 radical (unpaired) electrons. The minimum atomic E-state index is -1.46. The standard InChI is InChI=1S/C9H15BN2O2/c1-12(2)6-7-3-4-8(11)5-9(7)10(13)14/h3-5,13-14H,6,11H2,1-2H3. The van der Waals surface area contributed by atoms with E-state index >= 15 is 0 Å². The Bertz CT molecular complexity index is 316.